The van der Waals surface area contributed by atoms with E-state index in [2.05, 4.69) is 13.5 Å². The summed E-state index contributed by atoms with van der Waals surface area (Å²) in [4.78, 5) is 11.5. The molecule has 0 amide bonds. The van der Waals surface area contributed by atoms with Gasteiger partial charge >= 0.3 is 5.97 Å². The Morgan fingerprint density at radius 2 is 2.20 bits per heavy atom. The molecule has 0 aliphatic heterocycles. The summed E-state index contributed by atoms with van der Waals surface area (Å²) in [5.41, 5.74) is 0.794. The predicted molar refractivity (Wildman–Crippen MR) is 73.8 cm³/mol. The number of hydrogen-bond donors (Lipinski definition) is 1. The van der Waals surface area contributed by atoms with Crippen LogP contribution in [0, 0.1) is 0 Å². The number of hydrogen-bond acceptors (Lipinski definition) is 7. The maximum absolute atomic E-state index is 12.3. The Kier molecular flexibility index (Phi) is 4.31. The summed E-state index contributed by atoms with van der Waals surface area (Å²) < 4.78 is 39.6. The number of benzene rings is 1. The molecule has 0 aliphatic rings. The average Bonchev–Trinajstić information content (AvgIpc) is 2.86. The molecule has 1 atom stereocenters. The minimum Gasteiger partial charge on any atom is -0.465 e. The molecule has 0 fully saturated rings. The molecule has 0 saturated carbocycles. The van der Waals surface area contributed by atoms with Crippen LogP contribution in [-0.2, 0) is 19.6 Å². The van der Waals surface area contributed by atoms with Crippen molar-refractivity contribution in [3.05, 3.63) is 18.2 Å². The molecule has 2 rings (SSSR count). The first-order valence-corrected chi connectivity index (χ1v) is 8.07. The molecule has 7 nitrogen and oxygen atoms in total. The van der Waals surface area contributed by atoms with Gasteiger partial charge in [0.2, 0.25) is 10.0 Å². The highest BCUT2D eigenvalue weighted by Crippen LogP contribution is 2.21. The first-order valence-electron chi connectivity index (χ1n) is 5.86. The quantitative estimate of drug-likeness (QED) is 0.824. The first-order chi connectivity index (χ1) is 9.45. The normalized spacial score (nSPS) is 13.3. The minimum absolute atomic E-state index is 0.0000940. The van der Waals surface area contributed by atoms with Crippen LogP contribution in [0.1, 0.15) is 13.8 Å². The predicted octanol–water partition coefficient (Wildman–Crippen LogP) is 0.921. The van der Waals surface area contributed by atoms with Crippen LogP contribution in [-0.4, -0.2) is 35.8 Å². The van der Waals surface area contributed by atoms with Crippen molar-refractivity contribution in [3.8, 4) is 0 Å². The molecule has 2 aromatic rings. The summed E-state index contributed by atoms with van der Waals surface area (Å²) in [7, 11) is -3.87. The van der Waals surface area contributed by atoms with Gasteiger partial charge < -0.3 is 4.74 Å². The zero-order valence-electron chi connectivity index (χ0n) is 10.9. The zero-order valence-corrected chi connectivity index (χ0v) is 12.5. The van der Waals surface area contributed by atoms with Crippen molar-refractivity contribution < 1.29 is 17.9 Å². The molecular weight excluding hydrogens is 302 g/mol. The van der Waals surface area contributed by atoms with Crippen LogP contribution in [0.15, 0.2) is 23.1 Å². The third kappa shape index (κ3) is 2.94. The van der Waals surface area contributed by atoms with Crippen LogP contribution >= 0.6 is 11.7 Å². The van der Waals surface area contributed by atoms with Crippen LogP contribution < -0.4 is 4.72 Å². The van der Waals surface area contributed by atoms with Gasteiger partial charge in [0.05, 0.1) is 18.3 Å². The van der Waals surface area contributed by atoms with Crippen LogP contribution in [0.25, 0.3) is 11.0 Å². The van der Waals surface area contributed by atoms with Crippen LogP contribution in [0.5, 0.6) is 0 Å². The minimum atomic E-state index is -3.87. The van der Waals surface area contributed by atoms with E-state index in [9.17, 15) is 13.2 Å². The number of aromatic nitrogens is 2. The van der Waals surface area contributed by atoms with Crippen molar-refractivity contribution >= 4 is 38.8 Å². The summed E-state index contributed by atoms with van der Waals surface area (Å²) in [5.74, 6) is -0.625. The number of carbonyl (C=O) groups excluding carboxylic acids is 1. The fourth-order valence-electron chi connectivity index (χ4n) is 1.61. The smallest absolute Gasteiger partial charge is 0.323 e. The van der Waals surface area contributed by atoms with Gasteiger partial charge in [0, 0.05) is 0 Å². The van der Waals surface area contributed by atoms with E-state index >= 15 is 0 Å². The lowest BCUT2D eigenvalue weighted by molar-refractivity contribution is -0.144. The third-order valence-corrected chi connectivity index (χ3v) is 4.63. The highest BCUT2D eigenvalue weighted by atomic mass is 32.2. The number of esters is 1. The summed E-state index contributed by atoms with van der Waals surface area (Å²) in [6.45, 7) is 3.27. The van der Waals surface area contributed by atoms with E-state index in [1.807, 2.05) is 0 Å². The number of nitrogens with zero attached hydrogens (tertiary/aromatic N) is 2. The monoisotopic (exact) mass is 315 g/mol. The number of nitrogens with one attached hydrogen (secondary N) is 1. The van der Waals surface area contributed by atoms with Crippen molar-refractivity contribution in [1.29, 1.82) is 0 Å². The Morgan fingerprint density at radius 1 is 1.45 bits per heavy atom. The second kappa shape index (κ2) is 5.81. The molecule has 1 N–H and O–H groups in total. The van der Waals surface area contributed by atoms with Crippen molar-refractivity contribution in [2.24, 2.45) is 0 Å². The van der Waals surface area contributed by atoms with Crippen LogP contribution in [0.2, 0.25) is 0 Å². The number of fused-ring (bicyclic) bond motifs is 1. The summed E-state index contributed by atoms with van der Waals surface area (Å²) in [6, 6.07) is 3.70. The van der Waals surface area contributed by atoms with Gasteiger partial charge in [0.1, 0.15) is 22.0 Å². The first kappa shape index (κ1) is 14.8. The van der Waals surface area contributed by atoms with Crippen molar-refractivity contribution in [2.75, 3.05) is 6.61 Å². The van der Waals surface area contributed by atoms with E-state index in [-0.39, 0.29) is 11.5 Å². The van der Waals surface area contributed by atoms with Gasteiger partial charge in [-0.15, -0.1) is 0 Å². The number of carbonyl (C=O) groups is 1. The topological polar surface area (TPSA) is 98.2 Å². The Morgan fingerprint density at radius 3 is 2.90 bits per heavy atom. The molecule has 0 saturated heterocycles. The van der Waals surface area contributed by atoms with E-state index in [4.69, 9.17) is 4.74 Å². The standard InChI is InChI=1S/C11H13N3O4S2/c1-3-18-11(15)7(2)14-20(16,17)9-6-4-5-8-10(9)13-19-12-8/h4-7,14H,3H2,1-2H3. The molecule has 0 bridgehead atoms. The van der Waals surface area contributed by atoms with E-state index in [1.165, 1.54) is 13.0 Å². The van der Waals surface area contributed by atoms with Crippen LogP contribution in [0.3, 0.4) is 0 Å². The Labute approximate surface area is 120 Å². The Hall–Kier alpha value is -1.58. The third-order valence-electron chi connectivity index (χ3n) is 2.51. The molecule has 1 aromatic heterocycles. The van der Waals surface area contributed by atoms with Crippen molar-refractivity contribution in [3.63, 3.8) is 0 Å². The van der Waals surface area contributed by atoms with Crippen molar-refractivity contribution in [2.45, 2.75) is 24.8 Å². The summed E-state index contributed by atoms with van der Waals surface area (Å²) in [6.07, 6.45) is 0. The lowest BCUT2D eigenvalue weighted by Crippen LogP contribution is -2.39. The second-order valence-electron chi connectivity index (χ2n) is 3.98. The Balaban J connectivity index is 2.31. The molecule has 108 valence electrons. The largest absolute Gasteiger partial charge is 0.465 e. The average molecular weight is 315 g/mol. The second-order valence-corrected chi connectivity index (χ2v) is 6.19. The van der Waals surface area contributed by atoms with E-state index < -0.39 is 22.0 Å². The molecule has 9 heteroatoms. The maximum atomic E-state index is 12.3. The van der Waals surface area contributed by atoms with Gasteiger partial charge in [-0.1, -0.05) is 6.07 Å². The molecule has 0 spiro atoms. The molecule has 1 aromatic carbocycles. The number of sulfonamides is 1. The summed E-state index contributed by atoms with van der Waals surface area (Å²) in [5, 5.41) is 0. The zero-order chi connectivity index (χ0) is 14.8. The van der Waals surface area contributed by atoms with E-state index in [0.29, 0.717) is 11.0 Å². The van der Waals surface area contributed by atoms with Gasteiger partial charge in [0.15, 0.2) is 0 Å². The highest BCUT2D eigenvalue weighted by molar-refractivity contribution is 7.89. The fraction of sp³-hybridized carbons (Fsp3) is 0.364. The highest BCUT2D eigenvalue weighted by Gasteiger charge is 2.25. The number of ether oxygens (including phenoxy) is 1. The van der Waals surface area contributed by atoms with Crippen molar-refractivity contribution in [1.82, 2.24) is 13.5 Å². The molecule has 0 radical (unpaired) electrons. The van der Waals surface area contributed by atoms with Gasteiger partial charge in [-0.25, -0.2) is 8.42 Å². The molecule has 20 heavy (non-hydrogen) atoms. The van der Waals surface area contributed by atoms with Gasteiger partial charge in [-0.3, -0.25) is 4.79 Å². The maximum Gasteiger partial charge on any atom is 0.323 e. The van der Waals surface area contributed by atoms with Gasteiger partial charge in [-0.2, -0.15) is 13.5 Å². The molecule has 0 aliphatic carbocycles. The fourth-order valence-corrected chi connectivity index (χ4v) is 3.57. The molecular formula is C11H13N3O4S2. The summed E-state index contributed by atoms with van der Waals surface area (Å²) >= 11 is 0.933. The lowest BCUT2D eigenvalue weighted by atomic mass is 10.3. The van der Waals surface area contributed by atoms with Crippen LogP contribution in [0.4, 0.5) is 0 Å². The van der Waals surface area contributed by atoms with E-state index in [0.717, 1.165) is 11.7 Å². The lowest BCUT2D eigenvalue weighted by Gasteiger charge is -2.13. The Bertz CT molecular complexity index is 726. The SMILES string of the molecule is CCOC(=O)C(C)NS(=O)(=O)c1cccc2nsnc12. The van der Waals surface area contributed by atoms with E-state index in [1.54, 1.807) is 19.1 Å². The van der Waals surface area contributed by atoms with Gasteiger partial charge in [-0.05, 0) is 26.0 Å². The van der Waals surface area contributed by atoms with Gasteiger partial charge in [0.25, 0.3) is 0 Å². The molecule has 1 heterocycles. The molecule has 1 unspecified atom stereocenters. The number of rotatable bonds is 5.